The second kappa shape index (κ2) is 6.22. The lowest BCUT2D eigenvalue weighted by atomic mass is 10.3. The fourth-order valence-corrected chi connectivity index (χ4v) is 1.67. The largest absolute Gasteiger partial charge is 0.433 e. The van der Waals surface area contributed by atoms with Gasteiger partial charge in [0.2, 0.25) is 0 Å². The molecule has 0 aromatic heterocycles. The van der Waals surface area contributed by atoms with Crippen molar-refractivity contribution in [2.75, 3.05) is 38.2 Å². The molecule has 1 aliphatic rings. The zero-order chi connectivity index (χ0) is 11.9. The van der Waals surface area contributed by atoms with Gasteiger partial charge in [-0.1, -0.05) is 18.2 Å². The lowest BCUT2D eigenvalue weighted by Gasteiger charge is -2.26. The molecular formula is C12H17N3O2. The number of benzene rings is 1. The normalized spacial score (nSPS) is 16.5. The lowest BCUT2D eigenvalue weighted by Crippen LogP contribution is -2.44. The van der Waals surface area contributed by atoms with Gasteiger partial charge in [-0.2, -0.15) is 0 Å². The van der Waals surface area contributed by atoms with Crippen LogP contribution in [0.5, 0.6) is 0 Å². The van der Waals surface area contributed by atoms with Crippen molar-refractivity contribution >= 4 is 11.8 Å². The first kappa shape index (κ1) is 11.9. The smallest absolute Gasteiger partial charge is 0.412 e. The van der Waals surface area contributed by atoms with E-state index in [0.29, 0.717) is 6.73 Å². The summed E-state index contributed by atoms with van der Waals surface area (Å²) < 4.78 is 5.13. The van der Waals surface area contributed by atoms with Crippen molar-refractivity contribution < 1.29 is 9.53 Å². The first-order valence-corrected chi connectivity index (χ1v) is 5.76. The zero-order valence-corrected chi connectivity index (χ0v) is 9.69. The van der Waals surface area contributed by atoms with Gasteiger partial charge in [-0.25, -0.2) is 4.79 Å². The van der Waals surface area contributed by atoms with Crippen LogP contribution in [-0.2, 0) is 4.74 Å². The van der Waals surface area contributed by atoms with Crippen LogP contribution in [0, 0.1) is 0 Å². The molecule has 17 heavy (non-hydrogen) atoms. The summed E-state index contributed by atoms with van der Waals surface area (Å²) in [5, 5.41) is 5.92. The molecule has 5 heteroatoms. The molecule has 1 saturated heterocycles. The number of rotatable bonds is 3. The number of ether oxygens (including phenoxy) is 1. The highest BCUT2D eigenvalue weighted by Gasteiger charge is 2.11. The Labute approximate surface area is 101 Å². The van der Waals surface area contributed by atoms with E-state index in [0.717, 1.165) is 31.9 Å². The molecule has 0 aliphatic carbocycles. The van der Waals surface area contributed by atoms with Crippen LogP contribution < -0.4 is 10.6 Å². The van der Waals surface area contributed by atoms with Crippen molar-refractivity contribution in [3.05, 3.63) is 30.3 Å². The highest BCUT2D eigenvalue weighted by Crippen LogP contribution is 2.05. The lowest BCUT2D eigenvalue weighted by molar-refractivity contribution is 0.0701. The Kier molecular flexibility index (Phi) is 4.35. The van der Waals surface area contributed by atoms with Gasteiger partial charge in [0.15, 0.2) is 0 Å². The first-order valence-electron chi connectivity index (χ1n) is 5.76. The second-order valence-corrected chi connectivity index (χ2v) is 3.92. The molecule has 0 saturated carbocycles. The van der Waals surface area contributed by atoms with Crippen molar-refractivity contribution in [2.24, 2.45) is 0 Å². The highest BCUT2D eigenvalue weighted by molar-refractivity contribution is 5.84. The average Bonchev–Trinajstić information content (AvgIpc) is 2.39. The summed E-state index contributed by atoms with van der Waals surface area (Å²) in [6.45, 7) is 4.07. The molecule has 1 aliphatic heterocycles. The number of nitrogens with one attached hydrogen (secondary N) is 2. The maximum atomic E-state index is 11.5. The number of para-hydroxylation sites is 1. The monoisotopic (exact) mass is 235 g/mol. The Balaban J connectivity index is 1.70. The number of carbonyl (C=O) groups excluding carboxylic acids is 1. The molecule has 0 spiro atoms. The number of piperazine rings is 1. The van der Waals surface area contributed by atoms with Crippen LogP contribution >= 0.6 is 0 Å². The molecule has 1 aromatic rings. The van der Waals surface area contributed by atoms with Gasteiger partial charge < -0.3 is 10.1 Å². The molecular weight excluding hydrogens is 218 g/mol. The van der Waals surface area contributed by atoms with E-state index in [2.05, 4.69) is 15.5 Å². The third kappa shape index (κ3) is 4.05. The van der Waals surface area contributed by atoms with Crippen LogP contribution in [0.25, 0.3) is 0 Å². The van der Waals surface area contributed by atoms with E-state index in [1.54, 1.807) is 0 Å². The van der Waals surface area contributed by atoms with Crippen molar-refractivity contribution in [1.82, 2.24) is 10.2 Å². The molecule has 0 unspecified atom stereocenters. The summed E-state index contributed by atoms with van der Waals surface area (Å²) in [7, 11) is 0. The van der Waals surface area contributed by atoms with E-state index in [-0.39, 0.29) is 0 Å². The van der Waals surface area contributed by atoms with Crippen molar-refractivity contribution in [3.63, 3.8) is 0 Å². The van der Waals surface area contributed by atoms with Crippen molar-refractivity contribution in [2.45, 2.75) is 0 Å². The van der Waals surface area contributed by atoms with Gasteiger partial charge in [0, 0.05) is 31.9 Å². The SMILES string of the molecule is O=C(Nc1ccccc1)OCN1CCNCC1. The van der Waals surface area contributed by atoms with Gasteiger partial charge >= 0.3 is 6.09 Å². The van der Waals surface area contributed by atoms with E-state index in [1.807, 2.05) is 30.3 Å². The predicted molar refractivity (Wildman–Crippen MR) is 65.9 cm³/mol. The molecule has 2 rings (SSSR count). The topological polar surface area (TPSA) is 53.6 Å². The Morgan fingerprint density at radius 2 is 2.00 bits per heavy atom. The van der Waals surface area contributed by atoms with Crippen LogP contribution in [0.3, 0.4) is 0 Å². The summed E-state index contributed by atoms with van der Waals surface area (Å²) in [6, 6.07) is 9.28. The third-order valence-electron chi connectivity index (χ3n) is 2.61. The maximum Gasteiger partial charge on any atom is 0.412 e. The average molecular weight is 235 g/mol. The van der Waals surface area contributed by atoms with Crippen LogP contribution in [0.15, 0.2) is 30.3 Å². The second-order valence-electron chi connectivity index (χ2n) is 3.92. The zero-order valence-electron chi connectivity index (χ0n) is 9.69. The number of anilines is 1. The molecule has 2 N–H and O–H groups in total. The van der Waals surface area contributed by atoms with Crippen LogP contribution in [-0.4, -0.2) is 43.9 Å². The Morgan fingerprint density at radius 3 is 2.71 bits per heavy atom. The summed E-state index contributed by atoms with van der Waals surface area (Å²) in [5.74, 6) is 0. The van der Waals surface area contributed by atoms with Crippen molar-refractivity contribution in [1.29, 1.82) is 0 Å². The first-order chi connectivity index (χ1) is 8.34. The minimum atomic E-state index is -0.408. The van der Waals surface area contributed by atoms with Crippen LogP contribution in [0.2, 0.25) is 0 Å². The Morgan fingerprint density at radius 1 is 1.29 bits per heavy atom. The number of carbonyl (C=O) groups is 1. The fraction of sp³-hybridized carbons (Fsp3) is 0.417. The molecule has 1 aromatic carbocycles. The predicted octanol–water partition coefficient (Wildman–Crippen LogP) is 1.10. The Bertz CT molecular complexity index is 350. The van der Waals surface area contributed by atoms with Gasteiger partial charge in [-0.05, 0) is 12.1 Å². The minimum absolute atomic E-state index is 0.348. The van der Waals surface area contributed by atoms with Gasteiger partial charge in [-0.15, -0.1) is 0 Å². The van der Waals surface area contributed by atoms with Crippen LogP contribution in [0.1, 0.15) is 0 Å². The van der Waals surface area contributed by atoms with E-state index in [1.165, 1.54) is 0 Å². The van der Waals surface area contributed by atoms with Gasteiger partial charge in [0.1, 0.15) is 6.73 Å². The molecule has 5 nitrogen and oxygen atoms in total. The molecule has 1 heterocycles. The molecule has 92 valence electrons. The van der Waals surface area contributed by atoms with E-state index in [4.69, 9.17) is 4.74 Å². The van der Waals surface area contributed by atoms with Crippen LogP contribution in [0.4, 0.5) is 10.5 Å². The standard InChI is InChI=1S/C12H17N3O2/c16-12(14-11-4-2-1-3-5-11)17-10-15-8-6-13-7-9-15/h1-5,13H,6-10H2,(H,14,16). The van der Waals surface area contributed by atoms with Gasteiger partial charge in [0.05, 0.1) is 0 Å². The summed E-state index contributed by atoms with van der Waals surface area (Å²) in [4.78, 5) is 13.6. The minimum Gasteiger partial charge on any atom is -0.433 e. The molecule has 0 radical (unpaired) electrons. The molecule has 0 bridgehead atoms. The van der Waals surface area contributed by atoms with E-state index < -0.39 is 6.09 Å². The number of hydrogen-bond donors (Lipinski definition) is 2. The van der Waals surface area contributed by atoms with Gasteiger partial charge in [-0.3, -0.25) is 10.2 Å². The summed E-state index contributed by atoms with van der Waals surface area (Å²) >= 11 is 0. The number of nitrogens with zero attached hydrogens (tertiary/aromatic N) is 1. The summed E-state index contributed by atoms with van der Waals surface area (Å²) in [6.07, 6.45) is -0.408. The summed E-state index contributed by atoms with van der Waals surface area (Å²) in [5.41, 5.74) is 0.748. The molecule has 1 fully saturated rings. The quantitative estimate of drug-likeness (QED) is 0.823. The third-order valence-corrected chi connectivity index (χ3v) is 2.61. The molecule has 0 atom stereocenters. The number of hydrogen-bond acceptors (Lipinski definition) is 4. The molecule has 1 amide bonds. The van der Waals surface area contributed by atoms with E-state index >= 15 is 0 Å². The maximum absolute atomic E-state index is 11.5. The fourth-order valence-electron chi connectivity index (χ4n) is 1.67. The van der Waals surface area contributed by atoms with E-state index in [9.17, 15) is 4.79 Å². The van der Waals surface area contributed by atoms with Crippen molar-refractivity contribution in [3.8, 4) is 0 Å². The van der Waals surface area contributed by atoms with Gasteiger partial charge in [0.25, 0.3) is 0 Å². The highest BCUT2D eigenvalue weighted by atomic mass is 16.6. The number of amides is 1. The Hall–Kier alpha value is -1.59.